The molecule has 2 aliphatic rings. The van der Waals surface area contributed by atoms with Crippen molar-refractivity contribution in [3.05, 3.63) is 132 Å². The van der Waals surface area contributed by atoms with Crippen LogP contribution < -0.4 is 51.0 Å². The van der Waals surface area contributed by atoms with Crippen LogP contribution in [0.4, 0.5) is 11.4 Å². The number of likely N-dealkylation sites (tertiary alicyclic amines) is 2. The van der Waals surface area contributed by atoms with E-state index in [4.69, 9.17) is 5.73 Å². The summed E-state index contributed by atoms with van der Waals surface area (Å²) in [6, 6.07) is 40.0. The summed E-state index contributed by atoms with van der Waals surface area (Å²) in [5, 5.41) is 18.3. The van der Waals surface area contributed by atoms with Gasteiger partial charge in [0.1, 0.15) is 5.54 Å². The molecule has 9 heteroatoms. The summed E-state index contributed by atoms with van der Waals surface area (Å²) in [4.78, 5) is 28.5. The second-order valence-corrected chi connectivity index (χ2v) is 12.3. The van der Waals surface area contributed by atoms with E-state index in [1.165, 1.54) is 11.1 Å². The van der Waals surface area contributed by atoms with Crippen molar-refractivity contribution in [2.75, 3.05) is 36.8 Å². The minimum atomic E-state index is -1.01. The van der Waals surface area contributed by atoms with Gasteiger partial charge >= 0.3 is 29.6 Å². The zero-order valence-electron chi connectivity index (χ0n) is 27.3. The van der Waals surface area contributed by atoms with Crippen molar-refractivity contribution < 1.29 is 44.3 Å². The minimum absolute atomic E-state index is 0. The maximum absolute atomic E-state index is 12.1. The SMILES string of the molecule is NC(=O)C1(Nc2ccccc2)CCN(Cc2ccccc2)CC1.O=C([O-])C1(Nc2ccccc2)CCN(Cc2ccccc2)CC1.[Na+]. The molecule has 0 spiro atoms. The standard InChI is InChI=1S/C19H23N3O.C19H22N2O2.Na/c20-18(23)19(21-17-9-5-2-6-10-17)11-13-22(14-12-19)15-16-7-3-1-4-8-16;22-18(23)19(20-17-9-5-2-6-10-17)11-13-21(14-12-19)15-16-7-3-1-4-8-16;/h1-10,21H,11-15H2,(H2,20,23);1-10,20H,11-15H2,(H,22,23);/q;;+1/p-1. The van der Waals surface area contributed by atoms with Gasteiger partial charge in [-0.05, 0) is 61.1 Å². The van der Waals surface area contributed by atoms with Crippen LogP contribution in [0.1, 0.15) is 36.8 Å². The molecular formula is C38H44N5NaO3. The Morgan fingerprint density at radius 1 is 0.574 bits per heavy atom. The smallest absolute Gasteiger partial charge is 0.548 e. The number of carboxylic acid groups (broad SMARTS) is 1. The van der Waals surface area contributed by atoms with Crippen LogP contribution in [0.3, 0.4) is 0 Å². The minimum Gasteiger partial charge on any atom is -0.548 e. The molecule has 0 saturated carbocycles. The zero-order valence-corrected chi connectivity index (χ0v) is 29.3. The molecule has 0 bridgehead atoms. The molecule has 0 aliphatic carbocycles. The van der Waals surface area contributed by atoms with Gasteiger partial charge in [-0.15, -0.1) is 0 Å². The monoisotopic (exact) mass is 641 g/mol. The van der Waals surface area contributed by atoms with Crippen molar-refractivity contribution in [3.63, 3.8) is 0 Å². The maximum atomic E-state index is 12.1. The Labute approximate surface area is 300 Å². The van der Waals surface area contributed by atoms with Gasteiger partial charge in [0.2, 0.25) is 5.91 Å². The van der Waals surface area contributed by atoms with E-state index >= 15 is 0 Å². The molecule has 8 nitrogen and oxygen atoms in total. The number of carbonyl (C=O) groups excluding carboxylic acids is 2. The van der Waals surface area contributed by atoms with Crippen LogP contribution in [-0.4, -0.2) is 58.9 Å². The first-order chi connectivity index (χ1) is 22.4. The first kappa shape index (κ1) is 36.2. The van der Waals surface area contributed by atoms with Crippen molar-refractivity contribution in [1.82, 2.24) is 9.80 Å². The van der Waals surface area contributed by atoms with E-state index in [1.807, 2.05) is 84.9 Å². The molecule has 0 unspecified atom stereocenters. The molecule has 240 valence electrons. The largest absolute Gasteiger partial charge is 1.00 e. The van der Waals surface area contributed by atoms with E-state index in [9.17, 15) is 14.7 Å². The second-order valence-electron chi connectivity index (χ2n) is 12.3. The van der Waals surface area contributed by atoms with Gasteiger partial charge < -0.3 is 26.3 Å². The van der Waals surface area contributed by atoms with Gasteiger partial charge in [-0.3, -0.25) is 14.6 Å². The Hall–Kier alpha value is -3.66. The number of aliphatic carboxylic acids is 1. The van der Waals surface area contributed by atoms with E-state index in [0.717, 1.165) is 63.5 Å². The van der Waals surface area contributed by atoms with E-state index in [2.05, 4.69) is 56.8 Å². The molecule has 2 fully saturated rings. The Morgan fingerprint density at radius 2 is 0.894 bits per heavy atom. The zero-order chi connectivity index (χ0) is 32.2. The van der Waals surface area contributed by atoms with Gasteiger partial charge in [-0.2, -0.15) is 0 Å². The molecule has 1 amide bonds. The number of anilines is 2. The quantitative estimate of drug-likeness (QED) is 0.225. The van der Waals surface area contributed by atoms with Gasteiger partial charge in [0.15, 0.2) is 0 Å². The van der Waals surface area contributed by atoms with Crippen molar-refractivity contribution >= 4 is 23.3 Å². The van der Waals surface area contributed by atoms with Gasteiger partial charge in [-0.1, -0.05) is 97.1 Å². The number of hydrogen-bond acceptors (Lipinski definition) is 7. The molecule has 0 radical (unpaired) electrons. The Kier molecular flexibility index (Phi) is 13.5. The molecule has 6 rings (SSSR count). The van der Waals surface area contributed by atoms with Crippen molar-refractivity contribution in [3.8, 4) is 0 Å². The number of para-hydroxylation sites is 2. The van der Waals surface area contributed by atoms with Crippen LogP contribution >= 0.6 is 0 Å². The van der Waals surface area contributed by atoms with Crippen molar-refractivity contribution in [2.45, 2.75) is 49.9 Å². The van der Waals surface area contributed by atoms with Crippen LogP contribution in [0, 0.1) is 0 Å². The first-order valence-electron chi connectivity index (χ1n) is 16.1. The molecule has 0 atom stereocenters. The number of amides is 1. The van der Waals surface area contributed by atoms with Crippen LogP contribution in [-0.2, 0) is 22.7 Å². The Balaban J connectivity index is 0.000000208. The van der Waals surface area contributed by atoms with Crippen LogP contribution in [0.15, 0.2) is 121 Å². The third kappa shape index (κ3) is 10.2. The number of primary amides is 1. The van der Waals surface area contributed by atoms with Crippen LogP contribution in [0.5, 0.6) is 0 Å². The number of nitrogens with one attached hydrogen (secondary N) is 2. The molecule has 4 N–H and O–H groups in total. The fraction of sp³-hybridized carbons (Fsp3) is 0.316. The molecule has 2 saturated heterocycles. The third-order valence-electron chi connectivity index (χ3n) is 9.09. The van der Waals surface area contributed by atoms with Crippen LogP contribution in [0.25, 0.3) is 0 Å². The summed E-state index contributed by atoms with van der Waals surface area (Å²) in [7, 11) is 0. The van der Waals surface area contributed by atoms with E-state index in [1.54, 1.807) is 0 Å². The molecule has 2 aliphatic heterocycles. The molecule has 2 heterocycles. The summed E-state index contributed by atoms with van der Waals surface area (Å²) < 4.78 is 0. The molecule has 4 aromatic rings. The topological polar surface area (TPSA) is 114 Å². The molecular weight excluding hydrogens is 597 g/mol. The van der Waals surface area contributed by atoms with Gasteiger partial charge in [-0.25, -0.2) is 0 Å². The summed E-state index contributed by atoms with van der Waals surface area (Å²) in [6.07, 6.45) is 2.53. The number of carboxylic acids is 1. The predicted molar refractivity (Wildman–Crippen MR) is 182 cm³/mol. The number of rotatable bonds is 10. The summed E-state index contributed by atoms with van der Waals surface area (Å²) in [5.41, 5.74) is 8.44. The average molecular weight is 642 g/mol. The normalized spacial score (nSPS) is 17.2. The van der Waals surface area contributed by atoms with E-state index in [-0.39, 0.29) is 35.5 Å². The average Bonchev–Trinajstić information content (AvgIpc) is 3.09. The predicted octanol–water partition coefficient (Wildman–Crippen LogP) is 1.51. The molecule has 47 heavy (non-hydrogen) atoms. The van der Waals surface area contributed by atoms with E-state index in [0.29, 0.717) is 12.8 Å². The maximum Gasteiger partial charge on any atom is 1.00 e. The van der Waals surface area contributed by atoms with Crippen molar-refractivity contribution in [1.29, 1.82) is 0 Å². The summed E-state index contributed by atoms with van der Waals surface area (Å²) >= 11 is 0. The molecule has 0 aromatic heterocycles. The first-order valence-corrected chi connectivity index (χ1v) is 16.1. The van der Waals surface area contributed by atoms with Gasteiger partial charge in [0.05, 0.1) is 11.5 Å². The Morgan fingerprint density at radius 3 is 1.23 bits per heavy atom. The fourth-order valence-electron chi connectivity index (χ4n) is 6.28. The van der Waals surface area contributed by atoms with Crippen molar-refractivity contribution in [2.24, 2.45) is 5.73 Å². The number of nitrogens with zero attached hydrogens (tertiary/aromatic N) is 2. The number of carbonyl (C=O) groups is 2. The fourth-order valence-corrected chi connectivity index (χ4v) is 6.28. The number of piperidine rings is 2. The van der Waals surface area contributed by atoms with E-state index < -0.39 is 17.0 Å². The Bertz CT molecular complexity index is 1390. The van der Waals surface area contributed by atoms with Gasteiger partial charge in [0, 0.05) is 50.6 Å². The second kappa shape index (κ2) is 17.5. The number of nitrogens with two attached hydrogens (primary N) is 1. The number of hydrogen-bond donors (Lipinski definition) is 3. The molecule has 4 aromatic carbocycles. The van der Waals surface area contributed by atoms with Gasteiger partial charge in [0.25, 0.3) is 0 Å². The summed E-state index contributed by atoms with van der Waals surface area (Å²) in [5.74, 6) is -1.28. The summed E-state index contributed by atoms with van der Waals surface area (Å²) in [6.45, 7) is 4.97. The third-order valence-corrected chi connectivity index (χ3v) is 9.09. The number of benzene rings is 4. The van der Waals surface area contributed by atoms with Crippen LogP contribution in [0.2, 0.25) is 0 Å².